The molecule has 0 radical (unpaired) electrons. The van der Waals surface area contributed by atoms with Gasteiger partial charge >= 0.3 is 0 Å². The lowest BCUT2D eigenvalue weighted by Gasteiger charge is -2.06. The quantitative estimate of drug-likeness (QED) is 0.711. The molecule has 1 aromatic carbocycles. The van der Waals surface area contributed by atoms with Gasteiger partial charge in [0.25, 0.3) is 0 Å². The molecule has 0 saturated heterocycles. The van der Waals surface area contributed by atoms with E-state index in [0.717, 1.165) is 5.56 Å². The number of amides is 1. The zero-order valence-electron chi connectivity index (χ0n) is 13.7. The molecule has 25 heavy (non-hydrogen) atoms. The lowest BCUT2D eigenvalue weighted by atomic mass is 10.2. The van der Waals surface area contributed by atoms with Gasteiger partial charge in [-0.25, -0.2) is 4.39 Å². The molecule has 0 bridgehead atoms. The van der Waals surface area contributed by atoms with Crippen LogP contribution in [0.15, 0.2) is 47.9 Å². The predicted octanol–water partition coefficient (Wildman–Crippen LogP) is 3.06. The Bertz CT molecular complexity index is 897. The van der Waals surface area contributed by atoms with Crippen LogP contribution in [0, 0.1) is 12.7 Å². The number of carbonyl (C=O) groups excluding carboxylic acids is 1. The van der Waals surface area contributed by atoms with E-state index in [0.29, 0.717) is 22.2 Å². The molecule has 8 heteroatoms. The van der Waals surface area contributed by atoms with Gasteiger partial charge in [-0.15, -0.1) is 10.2 Å². The average molecular weight is 357 g/mol. The number of anilines is 1. The smallest absolute Gasteiger partial charge is 0.234 e. The first-order valence-electron chi connectivity index (χ1n) is 7.53. The molecule has 128 valence electrons. The highest BCUT2D eigenvalue weighted by atomic mass is 32.2. The number of pyridine rings is 1. The molecule has 0 unspecified atom stereocenters. The number of rotatable bonds is 5. The molecule has 6 nitrogen and oxygen atoms in total. The van der Waals surface area contributed by atoms with Crippen LogP contribution >= 0.6 is 11.8 Å². The number of carbonyl (C=O) groups is 1. The number of hydrogen-bond donors (Lipinski definition) is 1. The molecule has 0 saturated carbocycles. The molecule has 2 heterocycles. The van der Waals surface area contributed by atoms with Crippen LogP contribution in [0.5, 0.6) is 0 Å². The first kappa shape index (κ1) is 17.1. The largest absolute Gasteiger partial charge is 0.325 e. The minimum Gasteiger partial charge on any atom is -0.325 e. The third-order valence-corrected chi connectivity index (χ3v) is 4.56. The number of aromatic nitrogens is 4. The standard InChI is InChI=1S/C17H16FN5OS/c1-11-5-6-13(8-14(11)18)20-15(24)10-25-17-22-21-16(23(17)2)12-4-3-7-19-9-12/h3-9H,10H2,1-2H3,(H,20,24). The van der Waals surface area contributed by atoms with Crippen LogP contribution < -0.4 is 5.32 Å². The summed E-state index contributed by atoms with van der Waals surface area (Å²) in [6.45, 7) is 1.67. The molecule has 1 amide bonds. The Labute approximate surface area is 148 Å². The average Bonchev–Trinajstić information content (AvgIpc) is 2.98. The SMILES string of the molecule is Cc1ccc(NC(=O)CSc2nnc(-c3cccnc3)n2C)cc1F. The monoisotopic (exact) mass is 357 g/mol. The molecule has 0 aliphatic heterocycles. The maximum atomic E-state index is 13.5. The van der Waals surface area contributed by atoms with E-state index in [1.165, 1.54) is 17.8 Å². The van der Waals surface area contributed by atoms with Crippen molar-refractivity contribution in [2.75, 3.05) is 11.1 Å². The zero-order valence-corrected chi connectivity index (χ0v) is 14.5. The van der Waals surface area contributed by atoms with Gasteiger partial charge in [0.1, 0.15) is 5.82 Å². The van der Waals surface area contributed by atoms with Gasteiger partial charge in [-0.2, -0.15) is 0 Å². The Hall–Kier alpha value is -2.74. The second kappa shape index (κ2) is 7.43. The van der Waals surface area contributed by atoms with Crippen LogP contribution in [0.2, 0.25) is 0 Å². The number of aryl methyl sites for hydroxylation is 1. The van der Waals surface area contributed by atoms with Crippen molar-refractivity contribution < 1.29 is 9.18 Å². The van der Waals surface area contributed by atoms with E-state index in [1.54, 1.807) is 36.0 Å². The Morgan fingerprint density at radius 1 is 1.32 bits per heavy atom. The highest BCUT2D eigenvalue weighted by Gasteiger charge is 2.13. The Kier molecular flexibility index (Phi) is 5.08. The first-order chi connectivity index (χ1) is 12.0. The summed E-state index contributed by atoms with van der Waals surface area (Å²) >= 11 is 1.26. The fourth-order valence-electron chi connectivity index (χ4n) is 2.18. The van der Waals surface area contributed by atoms with E-state index in [9.17, 15) is 9.18 Å². The van der Waals surface area contributed by atoms with Gasteiger partial charge in [0.15, 0.2) is 11.0 Å². The Morgan fingerprint density at radius 2 is 2.16 bits per heavy atom. The fraction of sp³-hybridized carbons (Fsp3) is 0.176. The van der Waals surface area contributed by atoms with Gasteiger partial charge in [0.05, 0.1) is 5.75 Å². The summed E-state index contributed by atoms with van der Waals surface area (Å²) in [5.74, 6) is 0.241. The highest BCUT2D eigenvalue weighted by molar-refractivity contribution is 7.99. The van der Waals surface area contributed by atoms with Crippen LogP contribution in [0.4, 0.5) is 10.1 Å². The molecule has 3 rings (SSSR count). The molecule has 0 atom stereocenters. The minimum atomic E-state index is -0.347. The van der Waals surface area contributed by atoms with Crippen molar-refractivity contribution in [1.82, 2.24) is 19.7 Å². The third-order valence-electron chi connectivity index (χ3n) is 3.54. The summed E-state index contributed by atoms with van der Waals surface area (Å²) < 4.78 is 15.3. The molecular weight excluding hydrogens is 341 g/mol. The Morgan fingerprint density at radius 3 is 2.88 bits per heavy atom. The second-order valence-electron chi connectivity index (χ2n) is 5.41. The molecule has 0 aliphatic rings. The van der Waals surface area contributed by atoms with Crippen molar-refractivity contribution in [3.63, 3.8) is 0 Å². The fourth-order valence-corrected chi connectivity index (χ4v) is 2.90. The zero-order chi connectivity index (χ0) is 17.8. The van der Waals surface area contributed by atoms with Gasteiger partial charge < -0.3 is 9.88 Å². The molecule has 0 fully saturated rings. The van der Waals surface area contributed by atoms with Gasteiger partial charge in [-0.1, -0.05) is 17.8 Å². The summed E-state index contributed by atoms with van der Waals surface area (Å²) in [7, 11) is 1.83. The summed E-state index contributed by atoms with van der Waals surface area (Å²) in [6, 6.07) is 8.32. The summed E-state index contributed by atoms with van der Waals surface area (Å²) in [5, 5.41) is 11.5. The Balaban J connectivity index is 1.63. The number of halogens is 1. The van der Waals surface area contributed by atoms with Crippen LogP contribution in [0.3, 0.4) is 0 Å². The van der Waals surface area contributed by atoms with E-state index in [4.69, 9.17) is 0 Å². The second-order valence-corrected chi connectivity index (χ2v) is 6.35. The lowest BCUT2D eigenvalue weighted by Crippen LogP contribution is -2.14. The van der Waals surface area contributed by atoms with Crippen LogP contribution in [-0.4, -0.2) is 31.4 Å². The van der Waals surface area contributed by atoms with E-state index < -0.39 is 0 Å². The number of nitrogens with zero attached hydrogens (tertiary/aromatic N) is 4. The highest BCUT2D eigenvalue weighted by Crippen LogP contribution is 2.22. The first-order valence-corrected chi connectivity index (χ1v) is 8.52. The van der Waals surface area contributed by atoms with Gasteiger partial charge in [0.2, 0.25) is 5.91 Å². The van der Waals surface area contributed by atoms with E-state index >= 15 is 0 Å². The maximum Gasteiger partial charge on any atom is 0.234 e. The molecule has 0 aliphatic carbocycles. The molecule has 3 aromatic rings. The molecule has 1 N–H and O–H groups in total. The maximum absolute atomic E-state index is 13.5. The summed E-state index contributed by atoms with van der Waals surface area (Å²) in [4.78, 5) is 16.1. The van der Waals surface area contributed by atoms with Crippen molar-refractivity contribution in [2.45, 2.75) is 12.1 Å². The topological polar surface area (TPSA) is 72.7 Å². The number of thioether (sulfide) groups is 1. The van der Waals surface area contributed by atoms with Crippen molar-refractivity contribution in [3.8, 4) is 11.4 Å². The van der Waals surface area contributed by atoms with Crippen LogP contribution in [-0.2, 0) is 11.8 Å². The normalized spacial score (nSPS) is 10.7. The van der Waals surface area contributed by atoms with Crippen LogP contribution in [0.1, 0.15) is 5.56 Å². The van der Waals surface area contributed by atoms with Gasteiger partial charge in [-0.05, 0) is 36.8 Å². The predicted molar refractivity (Wildman–Crippen MR) is 94.7 cm³/mol. The van der Waals surface area contributed by atoms with Crippen molar-refractivity contribution >= 4 is 23.4 Å². The number of hydrogen-bond acceptors (Lipinski definition) is 5. The minimum absolute atomic E-state index is 0.147. The van der Waals surface area contributed by atoms with Crippen molar-refractivity contribution in [3.05, 3.63) is 54.1 Å². The van der Waals surface area contributed by atoms with Gasteiger partial charge in [0, 0.05) is 30.7 Å². The van der Waals surface area contributed by atoms with Crippen molar-refractivity contribution in [1.29, 1.82) is 0 Å². The third kappa shape index (κ3) is 4.03. The summed E-state index contributed by atoms with van der Waals surface area (Å²) in [5.41, 5.74) is 1.82. The van der Waals surface area contributed by atoms with Gasteiger partial charge in [-0.3, -0.25) is 9.78 Å². The molecular formula is C17H16FN5OS. The summed E-state index contributed by atoms with van der Waals surface area (Å²) in [6.07, 6.45) is 3.39. The lowest BCUT2D eigenvalue weighted by molar-refractivity contribution is -0.113. The van der Waals surface area contributed by atoms with E-state index in [2.05, 4.69) is 20.5 Å². The van der Waals surface area contributed by atoms with Crippen LogP contribution in [0.25, 0.3) is 11.4 Å². The number of benzene rings is 1. The number of nitrogens with one attached hydrogen (secondary N) is 1. The molecule has 2 aromatic heterocycles. The van der Waals surface area contributed by atoms with Crippen molar-refractivity contribution in [2.24, 2.45) is 7.05 Å². The van der Waals surface area contributed by atoms with E-state index in [-0.39, 0.29) is 17.5 Å². The van der Waals surface area contributed by atoms with E-state index in [1.807, 2.05) is 19.2 Å². The molecule has 0 spiro atoms.